The average molecular weight is 331 g/mol. The van der Waals surface area contributed by atoms with Crippen LogP contribution in [0.25, 0.3) is 0 Å². The first kappa shape index (κ1) is 17.3. The maximum atomic E-state index is 12.1. The van der Waals surface area contributed by atoms with Crippen LogP contribution in [0.2, 0.25) is 5.02 Å². The van der Waals surface area contributed by atoms with E-state index in [0.29, 0.717) is 0 Å². The molecule has 4 N–H and O–H groups in total. The molecule has 0 fully saturated rings. The summed E-state index contributed by atoms with van der Waals surface area (Å²) >= 11 is 7.38. The Morgan fingerprint density at radius 1 is 1.43 bits per heavy atom. The Kier molecular flexibility index (Phi) is 6.51. The summed E-state index contributed by atoms with van der Waals surface area (Å²) in [5, 5.41) is 11.6. The number of nitrogens with one attached hydrogen (secondary N) is 1. The van der Waals surface area contributed by atoms with Gasteiger partial charge in [0.25, 0.3) is 5.91 Å². The summed E-state index contributed by atoms with van der Waals surface area (Å²) in [6.07, 6.45) is 1.64. The van der Waals surface area contributed by atoms with Crippen molar-refractivity contribution in [3.05, 3.63) is 28.8 Å². The number of carboxylic acid groups (broad SMARTS) is 1. The predicted molar refractivity (Wildman–Crippen MR) is 80.6 cm³/mol. The second kappa shape index (κ2) is 7.90. The number of hydrogen-bond acceptors (Lipinski definition) is 4. The summed E-state index contributed by atoms with van der Waals surface area (Å²) in [5.41, 5.74) is 5.17. The highest BCUT2D eigenvalue weighted by Crippen LogP contribution is 2.23. The van der Waals surface area contributed by atoms with Gasteiger partial charge in [0.1, 0.15) is 6.04 Å². The van der Waals surface area contributed by atoms with Crippen LogP contribution in [0.1, 0.15) is 23.2 Å². The Labute approximate surface area is 131 Å². The summed E-state index contributed by atoms with van der Waals surface area (Å²) < 4.78 is 0. The lowest BCUT2D eigenvalue weighted by Crippen LogP contribution is -2.41. The number of carbonyl (C=O) groups is 3. The van der Waals surface area contributed by atoms with Crippen molar-refractivity contribution in [2.45, 2.75) is 23.8 Å². The van der Waals surface area contributed by atoms with E-state index in [1.807, 2.05) is 6.26 Å². The fraction of sp³-hybridized carbons (Fsp3) is 0.308. The zero-order valence-corrected chi connectivity index (χ0v) is 12.8. The molecule has 0 spiro atoms. The molecule has 0 radical (unpaired) electrons. The fourth-order valence-corrected chi connectivity index (χ4v) is 2.23. The van der Waals surface area contributed by atoms with Gasteiger partial charge in [-0.1, -0.05) is 11.6 Å². The first-order valence-electron chi connectivity index (χ1n) is 6.00. The van der Waals surface area contributed by atoms with E-state index in [2.05, 4.69) is 5.32 Å². The van der Waals surface area contributed by atoms with Gasteiger partial charge in [-0.25, -0.2) is 4.79 Å². The van der Waals surface area contributed by atoms with Crippen LogP contribution in [-0.4, -0.2) is 35.2 Å². The lowest BCUT2D eigenvalue weighted by molar-refractivity contribution is -0.139. The Morgan fingerprint density at radius 2 is 2.10 bits per heavy atom. The van der Waals surface area contributed by atoms with Crippen molar-refractivity contribution in [1.82, 2.24) is 5.32 Å². The summed E-state index contributed by atoms with van der Waals surface area (Å²) in [4.78, 5) is 34.7. The number of rotatable bonds is 7. The van der Waals surface area contributed by atoms with E-state index >= 15 is 0 Å². The molecule has 0 aromatic heterocycles. The maximum Gasteiger partial charge on any atom is 0.326 e. The van der Waals surface area contributed by atoms with E-state index in [0.717, 1.165) is 4.90 Å². The molecule has 1 atom stereocenters. The van der Waals surface area contributed by atoms with Gasteiger partial charge < -0.3 is 16.2 Å². The Hall–Kier alpha value is -1.73. The summed E-state index contributed by atoms with van der Waals surface area (Å²) in [5.74, 6) is -2.47. The molecule has 114 valence electrons. The molecular weight excluding hydrogens is 316 g/mol. The molecule has 1 aromatic rings. The minimum Gasteiger partial charge on any atom is -0.480 e. The third-order valence-corrected chi connectivity index (χ3v) is 3.76. The average Bonchev–Trinajstić information content (AvgIpc) is 2.43. The lowest BCUT2D eigenvalue weighted by Gasteiger charge is -2.14. The molecule has 0 saturated heterocycles. The number of amides is 2. The number of carbonyl (C=O) groups excluding carboxylic acids is 2. The Balaban J connectivity index is 2.86. The molecule has 0 heterocycles. The van der Waals surface area contributed by atoms with Crippen molar-refractivity contribution in [3.63, 3.8) is 0 Å². The summed E-state index contributed by atoms with van der Waals surface area (Å²) in [6, 6.07) is 3.71. The van der Waals surface area contributed by atoms with Gasteiger partial charge in [-0.15, -0.1) is 11.8 Å². The number of aliphatic carboxylic acids is 1. The van der Waals surface area contributed by atoms with Crippen molar-refractivity contribution in [2.24, 2.45) is 5.73 Å². The van der Waals surface area contributed by atoms with Crippen LogP contribution < -0.4 is 11.1 Å². The highest BCUT2D eigenvalue weighted by molar-refractivity contribution is 7.98. The number of thioether (sulfide) groups is 1. The minimum atomic E-state index is -1.23. The van der Waals surface area contributed by atoms with Crippen LogP contribution in [0.15, 0.2) is 23.1 Å². The second-order valence-electron chi connectivity index (χ2n) is 4.22. The minimum absolute atomic E-state index is 0.0732. The van der Waals surface area contributed by atoms with Crippen LogP contribution in [0, 0.1) is 0 Å². The van der Waals surface area contributed by atoms with Gasteiger partial charge in [0, 0.05) is 11.3 Å². The number of nitrogens with two attached hydrogens (primary N) is 1. The van der Waals surface area contributed by atoms with Crippen molar-refractivity contribution >= 4 is 41.1 Å². The van der Waals surface area contributed by atoms with Gasteiger partial charge in [-0.3, -0.25) is 9.59 Å². The number of halogens is 1. The number of benzene rings is 1. The quantitative estimate of drug-likeness (QED) is 0.656. The van der Waals surface area contributed by atoms with Gasteiger partial charge >= 0.3 is 5.97 Å². The van der Waals surface area contributed by atoms with Gasteiger partial charge in [0.15, 0.2) is 0 Å². The van der Waals surface area contributed by atoms with Crippen molar-refractivity contribution in [3.8, 4) is 0 Å². The highest BCUT2D eigenvalue weighted by atomic mass is 35.5. The van der Waals surface area contributed by atoms with Gasteiger partial charge in [0.05, 0.1) is 10.6 Å². The zero-order valence-electron chi connectivity index (χ0n) is 11.3. The van der Waals surface area contributed by atoms with Crippen LogP contribution in [0.4, 0.5) is 0 Å². The molecule has 6 nitrogen and oxygen atoms in total. The molecule has 2 amide bonds. The van der Waals surface area contributed by atoms with Gasteiger partial charge in [-0.05, 0) is 30.9 Å². The fourth-order valence-electron chi connectivity index (χ4n) is 1.59. The zero-order chi connectivity index (χ0) is 16.0. The molecule has 0 aliphatic carbocycles. The molecule has 0 bridgehead atoms. The lowest BCUT2D eigenvalue weighted by atomic mass is 10.1. The molecule has 0 aliphatic heterocycles. The largest absolute Gasteiger partial charge is 0.480 e. The Morgan fingerprint density at radius 3 is 2.62 bits per heavy atom. The number of primary amides is 1. The van der Waals surface area contributed by atoms with E-state index in [1.165, 1.54) is 11.8 Å². The van der Waals surface area contributed by atoms with Crippen molar-refractivity contribution < 1.29 is 19.5 Å². The van der Waals surface area contributed by atoms with Crippen molar-refractivity contribution in [1.29, 1.82) is 0 Å². The first-order valence-corrected chi connectivity index (χ1v) is 7.61. The SMILES string of the molecule is CSc1ccc(Cl)c(C(=O)N[C@H](CCC(N)=O)C(=O)O)c1. The number of hydrogen-bond donors (Lipinski definition) is 3. The molecule has 1 aromatic carbocycles. The van der Waals surface area contributed by atoms with E-state index in [1.54, 1.807) is 18.2 Å². The van der Waals surface area contributed by atoms with Crippen LogP contribution in [-0.2, 0) is 9.59 Å². The molecular formula is C13H15ClN2O4S. The van der Waals surface area contributed by atoms with Gasteiger partial charge in [-0.2, -0.15) is 0 Å². The van der Waals surface area contributed by atoms with Crippen LogP contribution in [0.3, 0.4) is 0 Å². The third kappa shape index (κ3) is 5.28. The van der Waals surface area contributed by atoms with E-state index in [4.69, 9.17) is 22.4 Å². The predicted octanol–water partition coefficient (Wildman–Crippen LogP) is 1.51. The molecule has 21 heavy (non-hydrogen) atoms. The maximum absolute atomic E-state index is 12.1. The standard InChI is InChI=1S/C13H15ClN2O4S/c1-21-7-2-3-9(14)8(6-7)12(18)16-10(13(19)20)4-5-11(15)17/h2-3,6,10H,4-5H2,1H3,(H2,15,17)(H,16,18)(H,19,20)/t10-/m1/s1. The molecule has 8 heteroatoms. The Bertz CT molecular complexity index is 565. The van der Waals surface area contributed by atoms with E-state index in [-0.39, 0.29) is 23.4 Å². The van der Waals surface area contributed by atoms with Crippen molar-refractivity contribution in [2.75, 3.05) is 6.26 Å². The van der Waals surface area contributed by atoms with E-state index in [9.17, 15) is 14.4 Å². The molecule has 0 unspecified atom stereocenters. The first-order chi connectivity index (χ1) is 9.85. The molecule has 0 aliphatic rings. The smallest absolute Gasteiger partial charge is 0.326 e. The topological polar surface area (TPSA) is 109 Å². The number of carboxylic acids is 1. The summed E-state index contributed by atoms with van der Waals surface area (Å²) in [6.45, 7) is 0. The third-order valence-electron chi connectivity index (χ3n) is 2.70. The van der Waals surface area contributed by atoms with E-state index < -0.39 is 23.8 Å². The summed E-state index contributed by atoms with van der Waals surface area (Å²) in [7, 11) is 0. The normalized spacial score (nSPS) is 11.7. The molecule has 1 rings (SSSR count). The van der Waals surface area contributed by atoms with Crippen LogP contribution >= 0.6 is 23.4 Å². The monoisotopic (exact) mass is 330 g/mol. The highest BCUT2D eigenvalue weighted by Gasteiger charge is 2.22. The molecule has 0 saturated carbocycles. The second-order valence-corrected chi connectivity index (χ2v) is 5.50. The van der Waals surface area contributed by atoms with Gasteiger partial charge in [0.2, 0.25) is 5.91 Å². The van der Waals surface area contributed by atoms with Crippen LogP contribution in [0.5, 0.6) is 0 Å².